The maximum atomic E-state index is 13.6. The van der Waals surface area contributed by atoms with E-state index in [0.717, 1.165) is 11.1 Å². The van der Waals surface area contributed by atoms with Crippen LogP contribution in [0.3, 0.4) is 0 Å². The molecule has 184 valence electrons. The van der Waals surface area contributed by atoms with Gasteiger partial charge in [-0.1, -0.05) is 83.9 Å². The summed E-state index contributed by atoms with van der Waals surface area (Å²) in [5.41, 5.74) is 1.40. The monoisotopic (exact) mass is 512 g/mol. The van der Waals surface area contributed by atoms with Gasteiger partial charge < -0.3 is 15.0 Å². The lowest BCUT2D eigenvalue weighted by atomic mass is 10.0. The Morgan fingerprint density at radius 1 is 0.914 bits per heavy atom. The Kier molecular flexibility index (Phi) is 9.19. The van der Waals surface area contributed by atoms with Gasteiger partial charge in [0.1, 0.15) is 11.8 Å². The van der Waals surface area contributed by atoms with Gasteiger partial charge in [0.05, 0.1) is 5.02 Å². The van der Waals surface area contributed by atoms with E-state index in [1.807, 2.05) is 81.4 Å². The number of hydrogen-bond acceptors (Lipinski definition) is 3. The molecule has 2 amide bonds. The second-order valence-corrected chi connectivity index (χ2v) is 10.2. The maximum Gasteiger partial charge on any atom is 0.261 e. The van der Waals surface area contributed by atoms with Crippen LogP contribution in [0.1, 0.15) is 31.9 Å². The van der Waals surface area contributed by atoms with Crippen molar-refractivity contribution in [1.29, 1.82) is 0 Å². The van der Waals surface area contributed by atoms with Crippen LogP contribution >= 0.6 is 23.2 Å². The minimum atomic E-state index is -0.742. The molecule has 0 radical (unpaired) electrons. The molecule has 7 heteroatoms. The average molecular weight is 513 g/mol. The summed E-state index contributed by atoms with van der Waals surface area (Å²) < 4.78 is 5.74. The van der Waals surface area contributed by atoms with Crippen LogP contribution < -0.4 is 10.1 Å². The van der Waals surface area contributed by atoms with Gasteiger partial charge in [-0.15, -0.1) is 0 Å². The maximum absolute atomic E-state index is 13.6. The molecule has 0 aliphatic rings. The van der Waals surface area contributed by atoms with Crippen molar-refractivity contribution >= 4 is 35.0 Å². The number of benzene rings is 3. The third kappa shape index (κ3) is 8.30. The second kappa shape index (κ2) is 12.1. The van der Waals surface area contributed by atoms with Gasteiger partial charge in [0.25, 0.3) is 5.91 Å². The molecule has 35 heavy (non-hydrogen) atoms. The van der Waals surface area contributed by atoms with Crippen molar-refractivity contribution < 1.29 is 14.3 Å². The average Bonchev–Trinajstić information content (AvgIpc) is 2.81. The normalized spacial score (nSPS) is 12.0. The minimum absolute atomic E-state index is 0.227. The quantitative estimate of drug-likeness (QED) is 0.386. The summed E-state index contributed by atoms with van der Waals surface area (Å²) >= 11 is 12.2. The van der Waals surface area contributed by atoms with E-state index in [9.17, 15) is 9.59 Å². The highest BCUT2D eigenvalue weighted by atomic mass is 35.5. The van der Waals surface area contributed by atoms with Crippen LogP contribution in [-0.4, -0.2) is 34.9 Å². The zero-order valence-electron chi connectivity index (χ0n) is 20.1. The third-order valence-corrected chi connectivity index (χ3v) is 5.74. The molecular weight excluding hydrogens is 483 g/mol. The number of carbonyl (C=O) groups excluding carboxylic acids is 2. The molecule has 3 aromatic rings. The fourth-order valence-electron chi connectivity index (χ4n) is 3.60. The lowest BCUT2D eigenvalue weighted by molar-refractivity contribution is -0.143. The van der Waals surface area contributed by atoms with Crippen molar-refractivity contribution in [2.45, 2.75) is 45.3 Å². The van der Waals surface area contributed by atoms with Crippen LogP contribution in [0.15, 0.2) is 78.9 Å². The first kappa shape index (κ1) is 26.6. The molecule has 3 rings (SSSR count). The van der Waals surface area contributed by atoms with E-state index in [1.165, 1.54) is 0 Å². The molecule has 1 N–H and O–H groups in total. The van der Waals surface area contributed by atoms with Crippen molar-refractivity contribution in [3.05, 3.63) is 100 Å². The number of halogens is 2. The number of hydrogen-bond donors (Lipinski definition) is 1. The fraction of sp³-hybridized carbons (Fsp3) is 0.286. The lowest BCUT2D eigenvalue weighted by Gasteiger charge is -2.33. The molecule has 0 fully saturated rings. The van der Waals surface area contributed by atoms with Crippen molar-refractivity contribution in [2.75, 3.05) is 6.61 Å². The fourth-order valence-corrected chi connectivity index (χ4v) is 4.06. The number of ether oxygens (including phenoxy) is 1. The number of carbonyl (C=O) groups is 2. The number of nitrogens with one attached hydrogen (secondary N) is 1. The number of rotatable bonds is 9. The summed E-state index contributed by atoms with van der Waals surface area (Å²) in [4.78, 5) is 28.6. The minimum Gasteiger partial charge on any atom is -0.482 e. The van der Waals surface area contributed by atoms with E-state index in [4.69, 9.17) is 27.9 Å². The van der Waals surface area contributed by atoms with Gasteiger partial charge in [-0.2, -0.15) is 0 Å². The first-order valence-electron chi connectivity index (χ1n) is 11.4. The summed E-state index contributed by atoms with van der Waals surface area (Å²) in [6.07, 6.45) is 0.364. The van der Waals surface area contributed by atoms with Gasteiger partial charge in [0.15, 0.2) is 6.61 Å². The highest BCUT2D eigenvalue weighted by molar-refractivity contribution is 6.35. The van der Waals surface area contributed by atoms with Crippen LogP contribution in [0.4, 0.5) is 0 Å². The van der Waals surface area contributed by atoms with Crippen LogP contribution in [0.5, 0.6) is 5.75 Å². The van der Waals surface area contributed by atoms with Crippen molar-refractivity contribution in [2.24, 2.45) is 0 Å². The summed E-state index contributed by atoms with van der Waals surface area (Å²) in [5.74, 6) is -0.206. The Balaban J connectivity index is 1.91. The van der Waals surface area contributed by atoms with Crippen LogP contribution in [0.25, 0.3) is 0 Å². The number of amides is 2. The largest absolute Gasteiger partial charge is 0.482 e. The number of nitrogens with zero attached hydrogens (tertiary/aromatic N) is 1. The summed E-state index contributed by atoms with van der Waals surface area (Å²) in [7, 11) is 0. The van der Waals surface area contributed by atoms with E-state index in [1.54, 1.807) is 23.1 Å². The molecule has 0 saturated heterocycles. The van der Waals surface area contributed by atoms with Crippen molar-refractivity contribution in [1.82, 2.24) is 10.2 Å². The van der Waals surface area contributed by atoms with Crippen molar-refractivity contribution in [3.8, 4) is 5.75 Å². The van der Waals surface area contributed by atoms with Gasteiger partial charge in [0.2, 0.25) is 5.91 Å². The standard InChI is InChI=1S/C28H30Cl2N2O3/c1-28(2,3)31-27(34)24(16-20-10-6-4-7-11-20)32(18-21-12-8-5-9-13-21)26(33)19-35-25-15-14-22(29)17-23(25)30/h4-15,17,24H,16,18-19H2,1-3H3,(H,31,34)/t24-/m1/s1. The van der Waals surface area contributed by atoms with E-state index in [2.05, 4.69) is 5.32 Å². The highest BCUT2D eigenvalue weighted by Gasteiger charge is 2.32. The zero-order valence-corrected chi connectivity index (χ0v) is 21.6. The van der Waals surface area contributed by atoms with Gasteiger partial charge in [-0.25, -0.2) is 0 Å². The molecule has 0 unspecified atom stereocenters. The zero-order chi connectivity index (χ0) is 25.4. The predicted octanol–water partition coefficient (Wildman–Crippen LogP) is 5.93. The molecule has 5 nitrogen and oxygen atoms in total. The van der Waals surface area contributed by atoms with Crippen LogP contribution in [0, 0.1) is 0 Å². The Labute approximate surface area is 217 Å². The van der Waals surface area contributed by atoms with Gasteiger partial charge in [-0.3, -0.25) is 9.59 Å². The van der Waals surface area contributed by atoms with Crippen LogP contribution in [0.2, 0.25) is 10.0 Å². The second-order valence-electron chi connectivity index (χ2n) is 9.32. The summed E-state index contributed by atoms with van der Waals surface area (Å²) in [6, 6.07) is 23.3. The van der Waals surface area contributed by atoms with Crippen molar-refractivity contribution in [3.63, 3.8) is 0 Å². The van der Waals surface area contributed by atoms with E-state index >= 15 is 0 Å². The molecule has 1 atom stereocenters. The molecule has 0 aromatic heterocycles. The molecule has 0 saturated carbocycles. The molecule has 0 bridgehead atoms. The predicted molar refractivity (Wildman–Crippen MR) is 141 cm³/mol. The molecule has 3 aromatic carbocycles. The third-order valence-electron chi connectivity index (χ3n) is 5.21. The van der Waals surface area contributed by atoms with Crippen LogP contribution in [-0.2, 0) is 22.6 Å². The Morgan fingerprint density at radius 3 is 2.09 bits per heavy atom. The molecule has 0 heterocycles. The topological polar surface area (TPSA) is 58.6 Å². The molecular formula is C28H30Cl2N2O3. The summed E-state index contributed by atoms with van der Waals surface area (Å²) in [6.45, 7) is 5.73. The highest BCUT2D eigenvalue weighted by Crippen LogP contribution is 2.27. The van der Waals surface area contributed by atoms with Gasteiger partial charge in [0, 0.05) is 23.5 Å². The first-order valence-corrected chi connectivity index (χ1v) is 12.1. The van der Waals surface area contributed by atoms with E-state index < -0.39 is 11.6 Å². The Bertz CT molecular complexity index is 1130. The van der Waals surface area contributed by atoms with E-state index in [0.29, 0.717) is 22.2 Å². The Hall–Kier alpha value is -3.02. The molecule has 0 aliphatic heterocycles. The van der Waals surface area contributed by atoms with Gasteiger partial charge in [-0.05, 0) is 50.1 Å². The Morgan fingerprint density at radius 2 is 1.51 bits per heavy atom. The first-order chi connectivity index (χ1) is 16.6. The summed E-state index contributed by atoms with van der Waals surface area (Å²) in [5, 5.41) is 3.82. The molecule has 0 spiro atoms. The van der Waals surface area contributed by atoms with E-state index in [-0.39, 0.29) is 25.0 Å². The lowest BCUT2D eigenvalue weighted by Crippen LogP contribution is -2.55. The smallest absolute Gasteiger partial charge is 0.261 e. The molecule has 0 aliphatic carbocycles. The van der Waals surface area contributed by atoms with Gasteiger partial charge >= 0.3 is 0 Å². The SMILES string of the molecule is CC(C)(C)NC(=O)[C@@H](Cc1ccccc1)N(Cc1ccccc1)C(=O)COc1ccc(Cl)cc1Cl.